The number of anilines is 1. The Morgan fingerprint density at radius 1 is 1.28 bits per heavy atom. The zero-order valence-corrected chi connectivity index (χ0v) is 18.9. The third-order valence-electron chi connectivity index (χ3n) is 4.49. The summed E-state index contributed by atoms with van der Waals surface area (Å²) in [6.45, 7) is 5.87. The van der Waals surface area contributed by atoms with Gasteiger partial charge in [-0.3, -0.25) is 14.9 Å². The number of aromatic nitrogens is 4. The molecule has 0 atom stereocenters. The molecule has 2 heterocycles. The number of nitrogens with one attached hydrogen (secondary N) is 2. The summed E-state index contributed by atoms with van der Waals surface area (Å²) < 4.78 is 1.75. The van der Waals surface area contributed by atoms with Gasteiger partial charge in [0.25, 0.3) is 5.69 Å². The topological polar surface area (TPSA) is 128 Å². The van der Waals surface area contributed by atoms with Gasteiger partial charge >= 0.3 is 0 Å². The number of non-ortho nitro benzene ring substituents is 1. The van der Waals surface area contributed by atoms with Crippen LogP contribution in [0.2, 0.25) is 0 Å². The van der Waals surface area contributed by atoms with Gasteiger partial charge in [-0.15, -0.1) is 0 Å². The molecule has 0 saturated carbocycles. The van der Waals surface area contributed by atoms with E-state index in [-0.39, 0.29) is 11.6 Å². The van der Waals surface area contributed by atoms with Gasteiger partial charge in [0.05, 0.1) is 23.1 Å². The molecule has 2 N–H and O–H groups in total. The summed E-state index contributed by atoms with van der Waals surface area (Å²) in [5.74, 6) is 0.968. The molecule has 1 aromatic carbocycles. The molecular weight excluding hydrogens is 430 g/mol. The third kappa shape index (κ3) is 6.03. The quantitative estimate of drug-likeness (QED) is 0.157. The third-order valence-corrected chi connectivity index (χ3v) is 5.04. The summed E-state index contributed by atoms with van der Waals surface area (Å²) in [5, 5.41) is 22.8. The zero-order chi connectivity index (χ0) is 23.1. The van der Waals surface area contributed by atoms with E-state index in [9.17, 15) is 14.9 Å². The molecule has 168 valence electrons. The lowest BCUT2D eigenvalue weighted by atomic mass is 10.2. The van der Waals surface area contributed by atoms with E-state index in [1.165, 1.54) is 30.0 Å². The van der Waals surface area contributed by atoms with Gasteiger partial charge in [0.15, 0.2) is 10.8 Å². The van der Waals surface area contributed by atoms with Crippen LogP contribution in [0.15, 0.2) is 41.7 Å². The van der Waals surface area contributed by atoms with Crippen molar-refractivity contribution in [2.75, 3.05) is 24.7 Å². The fourth-order valence-corrected chi connectivity index (χ4v) is 3.21. The van der Waals surface area contributed by atoms with Crippen molar-refractivity contribution in [3.63, 3.8) is 0 Å². The van der Waals surface area contributed by atoms with Crippen LogP contribution in [0.5, 0.6) is 0 Å². The van der Waals surface area contributed by atoms with Gasteiger partial charge in [0, 0.05) is 31.3 Å². The lowest BCUT2D eigenvalue weighted by Gasteiger charge is -2.10. The predicted molar refractivity (Wildman–Crippen MR) is 126 cm³/mol. The summed E-state index contributed by atoms with van der Waals surface area (Å²) in [5.41, 5.74) is 1.42. The molecule has 3 aromatic rings. The van der Waals surface area contributed by atoms with Gasteiger partial charge in [0.1, 0.15) is 5.82 Å². The van der Waals surface area contributed by atoms with Crippen molar-refractivity contribution in [3.8, 4) is 0 Å². The molecule has 11 heteroatoms. The summed E-state index contributed by atoms with van der Waals surface area (Å²) in [6, 6.07) is 5.97. The van der Waals surface area contributed by atoms with Gasteiger partial charge in [-0.2, -0.15) is 5.10 Å². The highest BCUT2D eigenvalue weighted by Gasteiger charge is 2.13. The molecule has 0 unspecified atom stereocenters. The van der Waals surface area contributed by atoms with Crippen LogP contribution in [0.25, 0.3) is 17.1 Å². The van der Waals surface area contributed by atoms with Crippen LogP contribution < -0.4 is 10.6 Å². The van der Waals surface area contributed by atoms with Crippen LogP contribution in [-0.4, -0.2) is 49.9 Å². The average molecular weight is 456 g/mol. The second kappa shape index (κ2) is 10.7. The second-order valence-electron chi connectivity index (χ2n) is 7.41. The molecular formula is C21H25N7O3S. The maximum atomic E-state index is 12.1. The minimum atomic E-state index is -0.463. The van der Waals surface area contributed by atoms with Crippen molar-refractivity contribution >= 4 is 46.3 Å². The molecule has 0 fully saturated rings. The fraction of sp³-hybridized carbons (Fsp3) is 0.333. The Morgan fingerprint density at radius 3 is 2.69 bits per heavy atom. The summed E-state index contributed by atoms with van der Waals surface area (Å²) in [4.78, 5) is 31.5. The van der Waals surface area contributed by atoms with Crippen LogP contribution in [0.3, 0.4) is 0 Å². The summed E-state index contributed by atoms with van der Waals surface area (Å²) in [6.07, 6.45) is 6.65. The van der Waals surface area contributed by atoms with Crippen LogP contribution in [0.1, 0.15) is 19.4 Å². The average Bonchev–Trinajstić information content (AvgIpc) is 3.19. The Labute approximate surface area is 189 Å². The van der Waals surface area contributed by atoms with Gasteiger partial charge in [-0.25, -0.2) is 14.6 Å². The first-order valence-electron chi connectivity index (χ1n) is 10.1. The van der Waals surface area contributed by atoms with Crippen molar-refractivity contribution in [3.05, 3.63) is 52.2 Å². The number of thioether (sulfide) groups is 1. The molecule has 10 nitrogen and oxygen atoms in total. The predicted octanol–water partition coefficient (Wildman–Crippen LogP) is 3.35. The number of nitrogens with zero attached hydrogens (tertiary/aromatic N) is 5. The van der Waals surface area contributed by atoms with Gasteiger partial charge < -0.3 is 10.6 Å². The molecule has 0 radical (unpaired) electrons. The first-order valence-corrected chi connectivity index (χ1v) is 11.3. The molecule has 0 saturated heterocycles. The molecule has 0 aliphatic carbocycles. The molecule has 1 amide bonds. The minimum absolute atomic E-state index is 0.00838. The van der Waals surface area contributed by atoms with Crippen molar-refractivity contribution < 1.29 is 9.72 Å². The maximum Gasteiger partial charge on any atom is 0.269 e. The van der Waals surface area contributed by atoms with Gasteiger partial charge in [-0.1, -0.05) is 25.6 Å². The van der Waals surface area contributed by atoms with E-state index in [1.807, 2.05) is 6.26 Å². The summed E-state index contributed by atoms with van der Waals surface area (Å²) >= 11 is 1.46. The lowest BCUT2D eigenvalue weighted by Crippen LogP contribution is -2.25. The number of carbonyl (C=O) groups is 1. The van der Waals surface area contributed by atoms with Crippen LogP contribution in [0.4, 0.5) is 11.5 Å². The Hall–Kier alpha value is -3.47. The van der Waals surface area contributed by atoms with Crippen molar-refractivity contribution in [2.45, 2.75) is 25.5 Å². The first-order chi connectivity index (χ1) is 15.4. The number of carbonyl (C=O) groups excluding carboxylic acids is 1. The number of rotatable bonds is 10. The number of hydrogen-bond acceptors (Lipinski definition) is 8. The van der Waals surface area contributed by atoms with Gasteiger partial charge in [0.2, 0.25) is 5.91 Å². The fourth-order valence-electron chi connectivity index (χ4n) is 2.85. The normalized spacial score (nSPS) is 11.4. The molecule has 2 aromatic heterocycles. The highest BCUT2D eigenvalue weighted by molar-refractivity contribution is 7.98. The van der Waals surface area contributed by atoms with Crippen molar-refractivity contribution in [2.24, 2.45) is 5.92 Å². The molecule has 0 spiro atoms. The van der Waals surface area contributed by atoms with E-state index in [0.717, 1.165) is 17.7 Å². The van der Waals surface area contributed by atoms with Crippen molar-refractivity contribution in [1.29, 1.82) is 0 Å². The van der Waals surface area contributed by atoms with E-state index in [0.29, 0.717) is 35.4 Å². The zero-order valence-electron chi connectivity index (χ0n) is 18.1. The second-order valence-corrected chi connectivity index (χ2v) is 8.19. The molecule has 32 heavy (non-hydrogen) atoms. The Balaban J connectivity index is 1.61. The number of nitro benzene ring substituents is 1. The van der Waals surface area contributed by atoms with E-state index in [2.05, 4.69) is 39.5 Å². The molecule has 0 aliphatic heterocycles. The standard InChI is InChI=1S/C21H25N7O3S/c1-14(2)12-23-19-17-13-24-27(20(17)26-21(25-19)32-3)11-10-22-18(29)9-6-15-4-7-16(8-5-15)28(30)31/h4-9,13-14H,10-12H2,1-3H3,(H,22,29)(H,23,25,26). The molecule has 0 aliphatic rings. The monoisotopic (exact) mass is 455 g/mol. The smallest absolute Gasteiger partial charge is 0.269 e. The summed E-state index contributed by atoms with van der Waals surface area (Å²) in [7, 11) is 0. The Morgan fingerprint density at radius 2 is 2.03 bits per heavy atom. The van der Waals surface area contributed by atoms with Gasteiger partial charge in [-0.05, 0) is 35.9 Å². The molecule has 0 bridgehead atoms. The van der Waals surface area contributed by atoms with Crippen LogP contribution in [-0.2, 0) is 11.3 Å². The maximum absolute atomic E-state index is 12.1. The highest BCUT2D eigenvalue weighted by atomic mass is 32.2. The Bertz CT molecular complexity index is 1130. The van der Waals surface area contributed by atoms with Crippen molar-refractivity contribution in [1.82, 2.24) is 25.1 Å². The number of benzene rings is 1. The lowest BCUT2D eigenvalue weighted by molar-refractivity contribution is -0.384. The first kappa shape index (κ1) is 23.2. The van der Waals surface area contributed by atoms with E-state index in [4.69, 9.17) is 0 Å². The van der Waals surface area contributed by atoms with Crippen LogP contribution in [0, 0.1) is 16.0 Å². The number of amides is 1. The SMILES string of the molecule is CSc1nc(NCC(C)C)c2cnn(CCNC(=O)C=Cc3ccc([N+](=O)[O-])cc3)c2n1. The van der Waals surface area contributed by atoms with E-state index < -0.39 is 4.92 Å². The Kier molecular flexibility index (Phi) is 7.77. The minimum Gasteiger partial charge on any atom is -0.369 e. The van der Waals surface area contributed by atoms with Crippen LogP contribution >= 0.6 is 11.8 Å². The van der Waals surface area contributed by atoms with E-state index in [1.54, 1.807) is 29.1 Å². The van der Waals surface area contributed by atoms with E-state index >= 15 is 0 Å². The number of hydrogen-bond donors (Lipinski definition) is 2. The molecule has 3 rings (SSSR count). The highest BCUT2D eigenvalue weighted by Crippen LogP contribution is 2.23. The number of nitro groups is 1. The number of fused-ring (bicyclic) bond motifs is 1. The largest absolute Gasteiger partial charge is 0.369 e.